The van der Waals surface area contributed by atoms with E-state index in [0.29, 0.717) is 22.5 Å². The van der Waals surface area contributed by atoms with Gasteiger partial charge in [-0.2, -0.15) is 5.10 Å². The first-order valence-corrected chi connectivity index (χ1v) is 8.78. The van der Waals surface area contributed by atoms with Gasteiger partial charge in [0.05, 0.1) is 25.0 Å². The van der Waals surface area contributed by atoms with Gasteiger partial charge in [0.15, 0.2) is 11.3 Å². The number of aromatic amines is 1. The van der Waals surface area contributed by atoms with Crippen LogP contribution in [0.1, 0.15) is 10.4 Å². The van der Waals surface area contributed by atoms with Crippen molar-refractivity contribution in [1.29, 1.82) is 0 Å². The predicted octanol–water partition coefficient (Wildman–Crippen LogP) is -0.960. The summed E-state index contributed by atoms with van der Waals surface area (Å²) in [6.45, 7) is 0. The Labute approximate surface area is 198 Å². The maximum atomic E-state index is 12.3. The molecule has 0 spiro atoms. The number of hydrogen-bond donors (Lipinski definition) is 3. The molecule has 0 bridgehead atoms. The zero-order valence-corrected chi connectivity index (χ0v) is 18.7. The summed E-state index contributed by atoms with van der Waals surface area (Å²) in [5.41, 5.74) is 2.60. The van der Waals surface area contributed by atoms with Crippen LogP contribution < -0.4 is 50.0 Å². The largest absolute Gasteiger partial charge is 1.00 e. The molecule has 31 heavy (non-hydrogen) atoms. The van der Waals surface area contributed by atoms with Gasteiger partial charge in [0.1, 0.15) is 5.75 Å². The van der Waals surface area contributed by atoms with Crippen LogP contribution in [0.3, 0.4) is 0 Å². The van der Waals surface area contributed by atoms with Gasteiger partial charge in [-0.25, -0.2) is 14.8 Å². The molecule has 11 heteroatoms. The average Bonchev–Trinajstić information content (AvgIpc) is 3.16. The number of ether oxygens (including phenoxy) is 1. The van der Waals surface area contributed by atoms with Gasteiger partial charge in [0, 0.05) is 11.3 Å². The number of methoxy groups -OCH3 is 1. The Hall–Kier alpha value is -3.47. The van der Waals surface area contributed by atoms with E-state index in [-0.39, 0.29) is 40.9 Å². The second kappa shape index (κ2) is 9.56. The fourth-order valence-electron chi connectivity index (χ4n) is 2.75. The SMILES string of the molecule is COc1ccc(-c2cnc3n[nH]c(NC(=O)Nc4ccc(C(=O)[O-])cc4)c3n2)cc1.[Na+]. The molecule has 2 aromatic carbocycles. The summed E-state index contributed by atoms with van der Waals surface area (Å²) in [5, 5.41) is 22.8. The van der Waals surface area contributed by atoms with Crippen molar-refractivity contribution in [2.45, 2.75) is 0 Å². The van der Waals surface area contributed by atoms with Gasteiger partial charge in [-0.1, -0.05) is 12.1 Å². The van der Waals surface area contributed by atoms with Crippen LogP contribution in [0, 0.1) is 0 Å². The molecule has 0 aliphatic carbocycles. The summed E-state index contributed by atoms with van der Waals surface area (Å²) in [6.07, 6.45) is 1.59. The number of benzene rings is 2. The van der Waals surface area contributed by atoms with E-state index in [1.807, 2.05) is 24.3 Å². The molecular formula is C20H15N6NaO4. The molecule has 0 atom stereocenters. The van der Waals surface area contributed by atoms with Crippen LogP contribution in [0.15, 0.2) is 54.7 Å². The number of aromatic carboxylic acids is 1. The molecule has 0 unspecified atom stereocenters. The minimum Gasteiger partial charge on any atom is -0.545 e. The summed E-state index contributed by atoms with van der Waals surface area (Å²) in [6, 6.07) is 12.4. The molecule has 3 N–H and O–H groups in total. The van der Waals surface area contributed by atoms with E-state index in [1.54, 1.807) is 13.3 Å². The first-order chi connectivity index (χ1) is 14.5. The number of urea groups is 1. The number of anilines is 2. The number of carbonyl (C=O) groups is 2. The molecule has 0 fully saturated rings. The van der Waals surface area contributed by atoms with Crippen molar-refractivity contribution < 1.29 is 49.0 Å². The van der Waals surface area contributed by atoms with Gasteiger partial charge < -0.3 is 20.0 Å². The minimum atomic E-state index is -1.29. The Balaban J connectivity index is 0.00000272. The van der Waals surface area contributed by atoms with Gasteiger partial charge >= 0.3 is 35.6 Å². The fourth-order valence-corrected chi connectivity index (χ4v) is 2.75. The Bertz CT molecular complexity index is 1220. The smallest absolute Gasteiger partial charge is 0.545 e. The van der Waals surface area contributed by atoms with Gasteiger partial charge in [-0.15, -0.1) is 0 Å². The van der Waals surface area contributed by atoms with Crippen LogP contribution in [0.5, 0.6) is 5.75 Å². The molecule has 4 rings (SSSR count). The quantitative estimate of drug-likeness (QED) is 0.349. The van der Waals surface area contributed by atoms with E-state index in [4.69, 9.17) is 4.74 Å². The number of H-pyrrole nitrogens is 1. The molecule has 0 saturated heterocycles. The van der Waals surface area contributed by atoms with Crippen LogP contribution in [0.25, 0.3) is 22.4 Å². The van der Waals surface area contributed by atoms with E-state index in [1.165, 1.54) is 24.3 Å². The number of carboxylic acid groups (broad SMARTS) is 1. The fraction of sp³-hybridized carbons (Fsp3) is 0.0500. The standard InChI is InChI=1S/C20H16N6O4.Na/c1-30-14-8-4-11(5-9-14)15-10-21-17-16(23-15)18(26-25-17)24-20(29)22-13-6-2-12(3-7-13)19(27)28;/h2-10H,1H3,(H,27,28)(H3,21,22,24,25,26,29);/q;+1/p-1. The zero-order chi connectivity index (χ0) is 21.1. The van der Waals surface area contributed by atoms with Crippen molar-refractivity contribution in [1.82, 2.24) is 20.2 Å². The van der Waals surface area contributed by atoms with E-state index < -0.39 is 12.0 Å². The van der Waals surface area contributed by atoms with Gasteiger partial charge in [0.2, 0.25) is 5.65 Å². The normalized spacial score (nSPS) is 10.2. The topological polar surface area (TPSA) is 145 Å². The van der Waals surface area contributed by atoms with Crippen molar-refractivity contribution in [2.24, 2.45) is 0 Å². The van der Waals surface area contributed by atoms with Crippen LogP contribution in [0.4, 0.5) is 16.3 Å². The average molecular weight is 426 g/mol. The molecule has 2 heterocycles. The van der Waals surface area contributed by atoms with E-state index in [2.05, 4.69) is 30.8 Å². The summed E-state index contributed by atoms with van der Waals surface area (Å²) in [4.78, 5) is 31.9. The van der Waals surface area contributed by atoms with Crippen molar-refractivity contribution in [3.8, 4) is 17.0 Å². The summed E-state index contributed by atoms with van der Waals surface area (Å²) in [7, 11) is 1.59. The van der Waals surface area contributed by atoms with Gasteiger partial charge in [0.25, 0.3) is 0 Å². The van der Waals surface area contributed by atoms with Gasteiger partial charge in [-0.3, -0.25) is 10.4 Å². The predicted molar refractivity (Wildman–Crippen MR) is 107 cm³/mol. The van der Waals surface area contributed by atoms with E-state index in [9.17, 15) is 14.7 Å². The monoisotopic (exact) mass is 426 g/mol. The molecule has 2 aromatic heterocycles. The Morgan fingerprint density at radius 3 is 2.39 bits per heavy atom. The number of nitrogens with zero attached hydrogens (tertiary/aromatic N) is 3. The third-order valence-electron chi connectivity index (χ3n) is 4.27. The zero-order valence-electron chi connectivity index (χ0n) is 16.7. The molecule has 0 aliphatic rings. The third kappa shape index (κ3) is 5.00. The molecule has 0 radical (unpaired) electrons. The number of fused-ring (bicyclic) bond motifs is 1. The molecule has 0 aliphatic heterocycles. The number of carboxylic acids is 1. The second-order valence-electron chi connectivity index (χ2n) is 6.20. The van der Waals surface area contributed by atoms with E-state index in [0.717, 1.165) is 11.3 Å². The van der Waals surface area contributed by atoms with Crippen LogP contribution in [-0.4, -0.2) is 39.3 Å². The molecular weight excluding hydrogens is 411 g/mol. The maximum absolute atomic E-state index is 12.3. The third-order valence-corrected chi connectivity index (χ3v) is 4.27. The Morgan fingerprint density at radius 1 is 1.03 bits per heavy atom. The van der Waals surface area contributed by atoms with Crippen molar-refractivity contribution in [3.05, 3.63) is 60.3 Å². The first kappa shape index (κ1) is 22.2. The molecule has 150 valence electrons. The maximum Gasteiger partial charge on any atom is 1.00 e. The van der Waals surface area contributed by atoms with Gasteiger partial charge in [-0.05, 0) is 42.0 Å². The number of aromatic nitrogens is 4. The molecule has 0 saturated carbocycles. The van der Waals surface area contributed by atoms with Crippen molar-refractivity contribution >= 4 is 34.7 Å². The first-order valence-electron chi connectivity index (χ1n) is 8.78. The van der Waals surface area contributed by atoms with Crippen molar-refractivity contribution in [2.75, 3.05) is 17.7 Å². The summed E-state index contributed by atoms with van der Waals surface area (Å²) < 4.78 is 5.16. The number of amides is 2. The molecule has 4 aromatic rings. The Morgan fingerprint density at radius 2 is 1.74 bits per heavy atom. The number of hydrogen-bond acceptors (Lipinski definition) is 7. The van der Waals surface area contributed by atoms with E-state index >= 15 is 0 Å². The minimum absolute atomic E-state index is 0. The van der Waals surface area contributed by atoms with Crippen LogP contribution in [0.2, 0.25) is 0 Å². The number of nitrogens with one attached hydrogen (secondary N) is 3. The molecule has 10 nitrogen and oxygen atoms in total. The molecule has 2 amide bonds. The summed E-state index contributed by atoms with van der Waals surface area (Å²) in [5.74, 6) is -0.291. The number of rotatable bonds is 5. The van der Waals surface area contributed by atoms with Crippen LogP contribution >= 0.6 is 0 Å². The van der Waals surface area contributed by atoms with Crippen LogP contribution in [-0.2, 0) is 0 Å². The second-order valence-corrected chi connectivity index (χ2v) is 6.20. The number of carbonyl (C=O) groups excluding carboxylic acids is 2. The Kier molecular flexibility index (Phi) is 6.85. The summed E-state index contributed by atoms with van der Waals surface area (Å²) >= 11 is 0. The van der Waals surface area contributed by atoms with Crippen molar-refractivity contribution in [3.63, 3.8) is 0 Å².